The van der Waals surface area contributed by atoms with Crippen LogP contribution >= 0.6 is 0 Å². The number of likely N-dealkylation sites (N-methyl/N-ethyl adjacent to an activating group) is 2. The largest absolute Gasteiger partial charge is 0.573 e. The molecule has 2 N–H and O–H groups in total. The molecule has 0 unspecified atom stereocenters. The molecule has 2 aromatic carbocycles. The zero-order valence-corrected chi connectivity index (χ0v) is 36.7. The number of piperidine rings is 2. The van der Waals surface area contributed by atoms with E-state index in [1.54, 1.807) is 27.7 Å². The fraction of sp³-hybridized carbons (Fsp3) is 0.478. The summed E-state index contributed by atoms with van der Waals surface area (Å²) in [6.45, 7) is 9.76. The number of hydrogen-bond donors (Lipinski definition) is 2. The minimum Gasteiger partial charge on any atom is -0.474 e. The Labute approximate surface area is 369 Å². The van der Waals surface area contributed by atoms with Crippen LogP contribution < -0.4 is 29.6 Å². The molecule has 18 heteroatoms. The number of ether oxygens (including phenoxy) is 4. The third-order valence-electron chi connectivity index (χ3n) is 11.0. The van der Waals surface area contributed by atoms with E-state index in [-0.39, 0.29) is 60.7 Å². The first-order valence-electron chi connectivity index (χ1n) is 20.9. The van der Waals surface area contributed by atoms with Gasteiger partial charge in [-0.15, -0.1) is 26.3 Å². The Hall–Kier alpha value is -5.62. The Morgan fingerprint density at radius 1 is 0.594 bits per heavy atom. The van der Waals surface area contributed by atoms with Gasteiger partial charge in [-0.2, -0.15) is 0 Å². The van der Waals surface area contributed by atoms with Crippen molar-refractivity contribution >= 4 is 11.8 Å². The monoisotopic (exact) mass is 902 g/mol. The maximum absolute atomic E-state index is 13.1. The predicted octanol–water partition coefficient (Wildman–Crippen LogP) is 7.98. The standard InChI is InChI=1S/2C23H28F3N3O3/c2*1-22(2,15-31-20-19(10-7-12-27-20)32-23(24,25)26)21(30)28-18-11-13-29(3)14-17(18)16-8-5-4-6-9-16/h2*4-10,12,17-18H,11,13-15H2,1-3H3,(H,28,30)/t2*17-,18+/m10/s1. The van der Waals surface area contributed by atoms with Gasteiger partial charge in [-0.05, 0) is 103 Å². The molecular weight excluding hydrogens is 847 g/mol. The molecule has 2 aliphatic rings. The number of rotatable bonds is 14. The first-order valence-corrected chi connectivity index (χ1v) is 20.9. The summed E-state index contributed by atoms with van der Waals surface area (Å²) in [6, 6.07) is 24.8. The lowest BCUT2D eigenvalue weighted by molar-refractivity contribution is -0.276. The quantitative estimate of drug-likeness (QED) is 0.120. The van der Waals surface area contributed by atoms with Crippen LogP contribution in [-0.4, -0.2) is 110 Å². The van der Waals surface area contributed by atoms with E-state index in [9.17, 15) is 35.9 Å². The van der Waals surface area contributed by atoms with Gasteiger partial charge in [0.05, 0.1) is 10.8 Å². The molecule has 2 fully saturated rings. The van der Waals surface area contributed by atoms with E-state index in [0.717, 1.165) is 62.3 Å². The van der Waals surface area contributed by atoms with Crippen molar-refractivity contribution in [2.24, 2.45) is 10.8 Å². The Morgan fingerprint density at radius 3 is 1.30 bits per heavy atom. The SMILES string of the molecule is CN1CC[C@@H](NC(=O)C(C)(C)COc2ncccc2OC(F)(F)F)[C@H](c2ccccc2)C1.CN1CC[C@H](NC(=O)C(C)(C)COc2ncccc2OC(F)(F)F)[C@@H](c2ccccc2)C1. The number of halogens is 6. The van der Waals surface area contributed by atoms with Gasteiger partial charge in [0, 0.05) is 49.4 Å². The molecule has 2 saturated heterocycles. The van der Waals surface area contributed by atoms with E-state index in [4.69, 9.17) is 9.47 Å². The summed E-state index contributed by atoms with van der Waals surface area (Å²) < 4.78 is 94.6. The Morgan fingerprint density at radius 2 is 0.953 bits per heavy atom. The first kappa shape index (κ1) is 49.4. The smallest absolute Gasteiger partial charge is 0.474 e. The van der Waals surface area contributed by atoms with E-state index < -0.39 is 35.1 Å². The van der Waals surface area contributed by atoms with Crippen molar-refractivity contribution in [3.05, 3.63) is 108 Å². The maximum Gasteiger partial charge on any atom is 0.573 e. The van der Waals surface area contributed by atoms with E-state index >= 15 is 0 Å². The van der Waals surface area contributed by atoms with Crippen LogP contribution in [0.15, 0.2) is 97.3 Å². The van der Waals surface area contributed by atoms with E-state index in [1.165, 1.54) is 24.5 Å². The highest BCUT2D eigenvalue weighted by Crippen LogP contribution is 2.34. The minimum absolute atomic E-state index is 0.0562. The van der Waals surface area contributed by atoms with Gasteiger partial charge < -0.3 is 39.4 Å². The third kappa shape index (κ3) is 14.7. The summed E-state index contributed by atoms with van der Waals surface area (Å²) in [5, 5.41) is 6.28. The van der Waals surface area contributed by atoms with Crippen molar-refractivity contribution in [1.29, 1.82) is 0 Å². The summed E-state index contributed by atoms with van der Waals surface area (Å²) in [5.41, 5.74) is 0.302. The normalized spacial score (nSPS) is 19.9. The van der Waals surface area contributed by atoms with Gasteiger partial charge in [-0.3, -0.25) is 9.59 Å². The summed E-state index contributed by atoms with van der Waals surface area (Å²) >= 11 is 0. The fourth-order valence-electron chi connectivity index (χ4n) is 7.38. The number of carbonyl (C=O) groups is 2. The highest BCUT2D eigenvalue weighted by Gasteiger charge is 2.39. The molecule has 6 rings (SSSR count). The van der Waals surface area contributed by atoms with Gasteiger partial charge in [-0.25, -0.2) is 9.97 Å². The van der Waals surface area contributed by atoms with Gasteiger partial charge >= 0.3 is 12.7 Å². The topological polar surface area (TPSA) is 127 Å². The molecule has 0 radical (unpaired) electrons. The van der Waals surface area contributed by atoms with Crippen molar-refractivity contribution < 1.29 is 54.9 Å². The molecular formula is C46H56F6N6O6. The molecule has 2 amide bonds. The third-order valence-corrected chi connectivity index (χ3v) is 11.0. The lowest BCUT2D eigenvalue weighted by Gasteiger charge is -2.39. The van der Waals surface area contributed by atoms with Crippen LogP contribution in [0.1, 0.15) is 63.5 Å². The lowest BCUT2D eigenvalue weighted by Crippen LogP contribution is -2.52. The Bertz CT molecular complexity index is 1960. The second-order valence-electron chi connectivity index (χ2n) is 17.4. The number of nitrogens with zero attached hydrogens (tertiary/aromatic N) is 4. The zero-order chi connectivity index (χ0) is 46.7. The lowest BCUT2D eigenvalue weighted by atomic mass is 9.84. The van der Waals surface area contributed by atoms with E-state index in [1.807, 2.05) is 36.4 Å². The minimum atomic E-state index is -4.87. The molecule has 4 atom stereocenters. The molecule has 64 heavy (non-hydrogen) atoms. The summed E-state index contributed by atoms with van der Waals surface area (Å²) in [6.07, 6.45) is -5.54. The molecule has 12 nitrogen and oxygen atoms in total. The molecule has 0 bridgehead atoms. The number of nitrogens with one attached hydrogen (secondary N) is 2. The van der Waals surface area contributed by atoms with Crippen LogP contribution in [0.5, 0.6) is 23.3 Å². The van der Waals surface area contributed by atoms with Crippen molar-refractivity contribution in [3.63, 3.8) is 0 Å². The second kappa shape index (κ2) is 21.4. The van der Waals surface area contributed by atoms with Crippen LogP contribution in [0, 0.1) is 10.8 Å². The van der Waals surface area contributed by atoms with Gasteiger partial charge in [0.25, 0.3) is 11.8 Å². The average molecular weight is 903 g/mol. The molecule has 2 aromatic heterocycles. The number of pyridine rings is 2. The molecule has 4 aromatic rings. The van der Waals surface area contributed by atoms with E-state index in [2.05, 4.69) is 78.2 Å². The Kier molecular flexibility index (Phi) is 16.5. The number of benzene rings is 2. The van der Waals surface area contributed by atoms with E-state index in [0.29, 0.717) is 0 Å². The highest BCUT2D eigenvalue weighted by molar-refractivity contribution is 5.83. The predicted molar refractivity (Wildman–Crippen MR) is 227 cm³/mol. The number of likely N-dealkylation sites (tertiary alicyclic amines) is 2. The van der Waals surface area contributed by atoms with Gasteiger partial charge in [0.2, 0.25) is 11.8 Å². The first-order chi connectivity index (χ1) is 30.1. The van der Waals surface area contributed by atoms with Crippen LogP contribution in [0.25, 0.3) is 0 Å². The van der Waals surface area contributed by atoms with Crippen molar-refractivity contribution in [2.45, 2.75) is 77.2 Å². The summed E-state index contributed by atoms with van der Waals surface area (Å²) in [4.78, 5) is 38.3. The fourth-order valence-corrected chi connectivity index (χ4v) is 7.38. The average Bonchev–Trinajstić information content (AvgIpc) is 3.24. The number of hydrogen-bond acceptors (Lipinski definition) is 10. The van der Waals surface area contributed by atoms with Crippen LogP contribution in [0.2, 0.25) is 0 Å². The van der Waals surface area contributed by atoms with Gasteiger partial charge in [0.15, 0.2) is 11.5 Å². The molecule has 4 heterocycles. The summed E-state index contributed by atoms with van der Waals surface area (Å²) in [5.74, 6) is -1.91. The molecule has 348 valence electrons. The van der Waals surface area contributed by atoms with Crippen LogP contribution in [-0.2, 0) is 9.59 Å². The maximum atomic E-state index is 13.1. The molecule has 0 spiro atoms. The molecule has 0 saturated carbocycles. The van der Waals surface area contributed by atoms with Crippen molar-refractivity contribution in [2.75, 3.05) is 53.5 Å². The Balaban J connectivity index is 0.000000241. The van der Waals surface area contributed by atoms with Crippen molar-refractivity contribution in [1.82, 2.24) is 30.4 Å². The van der Waals surface area contributed by atoms with Crippen LogP contribution in [0.3, 0.4) is 0 Å². The molecule has 0 aliphatic carbocycles. The number of aromatic nitrogens is 2. The zero-order valence-electron chi connectivity index (χ0n) is 36.7. The van der Waals surface area contributed by atoms with Gasteiger partial charge in [-0.1, -0.05) is 60.7 Å². The summed E-state index contributed by atoms with van der Waals surface area (Å²) in [7, 11) is 4.11. The number of amides is 2. The molecule has 2 aliphatic heterocycles. The second-order valence-corrected chi connectivity index (χ2v) is 17.4. The van der Waals surface area contributed by atoms with Crippen molar-refractivity contribution in [3.8, 4) is 23.3 Å². The highest BCUT2D eigenvalue weighted by atomic mass is 19.4. The van der Waals surface area contributed by atoms with Gasteiger partial charge in [0.1, 0.15) is 13.2 Å². The number of carbonyl (C=O) groups excluding carboxylic acids is 2. The number of alkyl halides is 6. The van der Waals surface area contributed by atoms with Crippen LogP contribution in [0.4, 0.5) is 26.3 Å².